The van der Waals surface area contributed by atoms with Crippen LogP contribution >= 0.6 is 0 Å². The molecular formula is C106H107N10O5+5. The van der Waals surface area contributed by atoms with Crippen LogP contribution < -0.4 is 22.8 Å². The number of hydrogen-bond acceptors (Lipinski definition) is 10. The molecule has 606 valence electrons. The van der Waals surface area contributed by atoms with Crippen LogP contribution in [0.3, 0.4) is 0 Å². The molecule has 0 aliphatic rings. The normalized spacial score (nSPS) is 15.5. The van der Waals surface area contributed by atoms with E-state index in [1.165, 1.54) is 6.92 Å². The van der Waals surface area contributed by atoms with Crippen molar-refractivity contribution < 1.29 is 75.1 Å². The first kappa shape index (κ1) is 58.5. The molecule has 15 aromatic heterocycles. The van der Waals surface area contributed by atoms with Gasteiger partial charge >= 0.3 is 0 Å². The third-order valence-corrected chi connectivity index (χ3v) is 22.5. The van der Waals surface area contributed by atoms with Crippen LogP contribution in [0.4, 0.5) is 0 Å². The Labute approximate surface area is 737 Å². The van der Waals surface area contributed by atoms with Crippen LogP contribution in [0.25, 0.3) is 167 Å². The van der Waals surface area contributed by atoms with Gasteiger partial charge in [0.15, 0.2) is 58.9 Å². The molecule has 0 saturated heterocycles. The number of benzene rings is 5. The molecule has 0 spiro atoms. The number of furan rings is 5. The standard InChI is InChI=1S/2C22H23N2O.2C21H21N2O.C20H19N2O/c1-12-10-18(24(6)11-15(12)4)20-14(3)9-13(2)19-17-8-7-16(5)23-22(17)25-21(19)20;1-13(2)16-10-11-24(5)19(12-16)20-14(3)6-8-17-18-9-7-15(4)23-22(18)25-21(17)20;1-12-6-9-17(23(5)11-12)19-14(3)10-13(2)18-16-8-7-15(4)22-21(16)24-20(18)19;1-12-6-8-16-17-9-7-15(4)22-21(17)24-20(16)19(12)18-10-13(2)14(3)11-23(18)5;1-12-5-10-17(22(4)11-12)18-13(2)6-8-15-16-9-7-14(3)21-20(16)23-19(15)18/h7-11H,1-6H3;6-13H,1-5H3;2*6-11H,1-5H3;5-11H,1-4H3/q5*+1/i2D3,4D3;1D3,13D;1D3,2D3;3D3;1D3. The molecule has 0 aliphatic heterocycles. The Morgan fingerprint density at radius 2 is 0.587 bits per heavy atom. The first-order valence-corrected chi connectivity index (χ1v) is 39.7. The zero-order valence-corrected chi connectivity index (χ0v) is 70.9. The van der Waals surface area contributed by atoms with E-state index < -0.39 is 53.9 Å². The van der Waals surface area contributed by atoms with Gasteiger partial charge in [-0.15, -0.1) is 0 Å². The summed E-state index contributed by atoms with van der Waals surface area (Å²) in [4.78, 5) is 22.4. The van der Waals surface area contributed by atoms with Crippen LogP contribution in [-0.2, 0) is 35.2 Å². The number of aromatic nitrogens is 10. The Bertz CT molecular complexity index is 8560. The average Bonchev–Trinajstić information content (AvgIpc) is 1.61. The summed E-state index contributed by atoms with van der Waals surface area (Å²) in [5, 5.41) is 8.20. The van der Waals surface area contributed by atoms with Crippen molar-refractivity contribution in [2.45, 2.75) is 144 Å². The fraction of sp³-hybridized carbons (Fsp3) is 0.245. The molecule has 121 heavy (non-hydrogen) atoms. The lowest BCUT2D eigenvalue weighted by Gasteiger charge is -2.09. The highest BCUT2D eigenvalue weighted by atomic mass is 16.4. The van der Waals surface area contributed by atoms with Crippen molar-refractivity contribution >= 4 is 110 Å². The fourth-order valence-corrected chi connectivity index (χ4v) is 16.2. The molecule has 5 aromatic carbocycles. The summed E-state index contributed by atoms with van der Waals surface area (Å²) >= 11 is 0. The molecule has 0 bridgehead atoms. The maximum Gasteiger partial charge on any atom is 0.227 e. The van der Waals surface area contributed by atoms with E-state index >= 15 is 0 Å². The minimum atomic E-state index is -2.44. The number of nitrogens with zero attached hydrogens (tertiary/aromatic N) is 10. The van der Waals surface area contributed by atoms with Gasteiger partial charge in [0.1, 0.15) is 35.2 Å². The highest BCUT2D eigenvalue weighted by Gasteiger charge is 2.29. The number of aryl methyl sites for hydroxylation is 23. The number of rotatable bonds is 6. The van der Waals surface area contributed by atoms with Crippen molar-refractivity contribution in [3.05, 3.63) is 295 Å². The zero-order valence-electron chi connectivity index (χ0n) is 92.9. The molecule has 0 saturated carbocycles. The summed E-state index contributed by atoms with van der Waals surface area (Å²) in [7, 11) is 9.16. The topological polar surface area (TPSA) is 150 Å². The minimum absolute atomic E-state index is 0.213. The second-order valence-electron chi connectivity index (χ2n) is 31.7. The second-order valence-corrected chi connectivity index (χ2v) is 31.7. The predicted molar refractivity (Wildman–Crippen MR) is 490 cm³/mol. The van der Waals surface area contributed by atoms with E-state index in [9.17, 15) is 0 Å². The zero-order chi connectivity index (χ0) is 104. The summed E-state index contributed by atoms with van der Waals surface area (Å²) in [6.07, 6.45) is 8.32. The van der Waals surface area contributed by atoms with Gasteiger partial charge in [-0.3, -0.25) is 0 Å². The largest absolute Gasteiger partial charge is 0.437 e. The predicted octanol–water partition coefficient (Wildman–Crippen LogP) is 24.0. The third-order valence-electron chi connectivity index (χ3n) is 22.5. The molecule has 1 unspecified atom stereocenters. The lowest BCUT2D eigenvalue weighted by molar-refractivity contribution is -0.660. The molecule has 15 nitrogen and oxygen atoms in total. The third kappa shape index (κ3) is 15.1. The Balaban J connectivity index is 0.000000129. The van der Waals surface area contributed by atoms with Gasteiger partial charge in [-0.2, -0.15) is 0 Å². The monoisotopic (exact) mass is 1620 g/mol. The molecule has 0 aliphatic carbocycles. The minimum Gasteiger partial charge on any atom is -0.437 e. The SMILES string of the molecule is [2H]C([2H])([2H])C([2H])(C)c1cc[n+](C)c(-c2c(C)ccc3c2oc2nc(C)ccc23)c1.[2H]C([2H])([2H])c1c[n+](C)c(-c2c(C)cc(C([2H])([2H])[2H])c3c2oc2nc(C)ccc23)cc1C.[2H]C([2H])([2H])c1c[n+](C)c(-c2c(C)ccc3c2oc2nc(C)ccc23)cc1C.[2H]C([2H])([2H])c1ccc(-c2c(C)cc(C([2H])([2H])[2H])c3c2oc2nc(C)ccc23)[n+](C)c1.[2H]C([2H])([2H])c1ccc(-c2c(C)ccc3c2oc2nc(C)ccc23)[n+](C)c1. The van der Waals surface area contributed by atoms with Crippen molar-refractivity contribution in [2.75, 3.05) is 0 Å². The van der Waals surface area contributed by atoms with E-state index in [2.05, 4.69) is 43.1 Å². The molecule has 0 amide bonds. The Morgan fingerprint density at radius 1 is 0.273 bits per heavy atom. The lowest BCUT2D eigenvalue weighted by atomic mass is 9.96. The van der Waals surface area contributed by atoms with Gasteiger partial charge < -0.3 is 22.1 Å². The van der Waals surface area contributed by atoms with Crippen molar-refractivity contribution in [1.82, 2.24) is 24.9 Å². The van der Waals surface area contributed by atoms with Gasteiger partial charge in [0.05, 0.1) is 27.8 Å². The van der Waals surface area contributed by atoms with Crippen LogP contribution in [0, 0.1) is 124 Å². The van der Waals surface area contributed by atoms with Gasteiger partial charge in [0.25, 0.3) is 0 Å². The number of pyridine rings is 10. The van der Waals surface area contributed by atoms with Crippen LogP contribution in [0.1, 0.15) is 156 Å². The Kier molecular flexibility index (Phi) is 15.5. The van der Waals surface area contributed by atoms with Gasteiger partial charge in [-0.05, 0) is 259 Å². The smallest absolute Gasteiger partial charge is 0.227 e. The lowest BCUT2D eigenvalue weighted by Crippen LogP contribution is -2.31. The van der Waals surface area contributed by atoms with Crippen LogP contribution in [0.15, 0.2) is 211 Å². The molecule has 0 fully saturated rings. The molecular weight excluding hydrogens is 1490 g/mol. The van der Waals surface area contributed by atoms with E-state index in [4.69, 9.17) is 52.2 Å². The number of fused-ring (bicyclic) bond motifs is 15. The summed E-state index contributed by atoms with van der Waals surface area (Å²) in [5.74, 6) is -1.72. The maximum atomic E-state index is 8.47. The molecule has 1 atom stereocenters. The van der Waals surface area contributed by atoms with Crippen molar-refractivity contribution in [2.24, 2.45) is 35.2 Å². The van der Waals surface area contributed by atoms with E-state index in [1.807, 2.05) is 208 Å². The Hall–Kier alpha value is -13.4. The van der Waals surface area contributed by atoms with E-state index in [-0.39, 0.29) is 22.3 Å². The van der Waals surface area contributed by atoms with Gasteiger partial charge in [-0.25, -0.2) is 47.8 Å². The van der Waals surface area contributed by atoms with Crippen molar-refractivity contribution in [1.29, 1.82) is 0 Å². The summed E-state index contributed by atoms with van der Waals surface area (Å²) in [5.41, 5.74) is 26.2. The summed E-state index contributed by atoms with van der Waals surface area (Å²) in [6.45, 7) is 8.45. The summed E-state index contributed by atoms with van der Waals surface area (Å²) < 4.78 is 212. The highest BCUT2D eigenvalue weighted by Crippen LogP contribution is 2.44. The van der Waals surface area contributed by atoms with Gasteiger partial charge in [-0.1, -0.05) is 62.3 Å². The van der Waals surface area contributed by atoms with E-state index in [1.54, 1.807) is 104 Å². The molecule has 20 rings (SSSR count). The average molecular weight is 1620 g/mol. The fourth-order valence-electron chi connectivity index (χ4n) is 16.2. The quantitative estimate of drug-likeness (QED) is 0.147. The Morgan fingerprint density at radius 3 is 0.942 bits per heavy atom. The van der Waals surface area contributed by atoms with E-state index in [0.717, 1.165) is 156 Å². The highest BCUT2D eigenvalue weighted by molar-refractivity contribution is 6.14. The maximum absolute atomic E-state index is 8.47. The molecule has 15 heterocycles. The summed E-state index contributed by atoms with van der Waals surface area (Å²) in [6, 6.07) is 48.9. The van der Waals surface area contributed by atoms with Crippen LogP contribution in [0.2, 0.25) is 0 Å². The molecule has 0 radical (unpaired) electrons. The van der Waals surface area contributed by atoms with Crippen LogP contribution in [-0.4, -0.2) is 24.9 Å². The molecule has 15 heteroatoms. The molecule has 20 aromatic rings. The second kappa shape index (κ2) is 32.0. The first-order valence-electron chi connectivity index (χ1n) is 50.7. The molecule has 0 N–H and O–H groups in total. The van der Waals surface area contributed by atoms with Crippen LogP contribution in [0.5, 0.6) is 0 Å². The first-order chi connectivity index (χ1) is 66.6. The van der Waals surface area contributed by atoms with Crippen molar-refractivity contribution in [3.63, 3.8) is 0 Å². The van der Waals surface area contributed by atoms with Gasteiger partial charge in [0, 0.05) is 171 Å². The van der Waals surface area contributed by atoms with Gasteiger partial charge in [0.2, 0.25) is 57.0 Å². The van der Waals surface area contributed by atoms with Crippen molar-refractivity contribution in [3.8, 4) is 56.3 Å². The number of hydrogen-bond donors (Lipinski definition) is 0. The van der Waals surface area contributed by atoms with E-state index in [0.29, 0.717) is 94.7 Å².